The topological polar surface area (TPSA) is 72.8 Å². The van der Waals surface area contributed by atoms with Crippen molar-refractivity contribution < 1.29 is 37.3 Å². The van der Waals surface area contributed by atoms with Crippen LogP contribution in [0.3, 0.4) is 0 Å². The van der Waals surface area contributed by atoms with E-state index in [0.29, 0.717) is 6.42 Å². The molecule has 0 heterocycles. The summed E-state index contributed by atoms with van der Waals surface area (Å²) in [5.41, 5.74) is 0.0310. The van der Waals surface area contributed by atoms with E-state index in [1.165, 1.54) is 31.2 Å². The van der Waals surface area contributed by atoms with Gasteiger partial charge in [-0.15, -0.1) is 13.2 Å². The highest BCUT2D eigenvalue weighted by Gasteiger charge is 2.31. The Hall–Kier alpha value is -3.03. The van der Waals surface area contributed by atoms with Gasteiger partial charge in [0.15, 0.2) is 5.78 Å². The van der Waals surface area contributed by atoms with Crippen molar-refractivity contribution in [3.8, 4) is 11.5 Å². The van der Waals surface area contributed by atoms with E-state index in [0.717, 1.165) is 18.6 Å². The number of carbonyl (C=O) groups excluding carboxylic acids is 2. The SMILES string of the molecule is CCCCOC(=O)c1c(O)ccc(C(=O)c2cccc(OC(F)(F)F)c2)c1C. The van der Waals surface area contributed by atoms with Crippen molar-refractivity contribution in [3.05, 3.63) is 58.7 Å². The fourth-order valence-electron chi connectivity index (χ4n) is 2.57. The van der Waals surface area contributed by atoms with Crippen molar-refractivity contribution in [2.45, 2.75) is 33.1 Å². The second kappa shape index (κ2) is 8.77. The molecule has 0 radical (unpaired) electrons. The molecule has 0 amide bonds. The minimum Gasteiger partial charge on any atom is -0.507 e. The number of phenols is 1. The number of esters is 1. The van der Waals surface area contributed by atoms with E-state index in [-0.39, 0.29) is 34.6 Å². The summed E-state index contributed by atoms with van der Waals surface area (Å²) in [7, 11) is 0. The average molecular weight is 396 g/mol. The summed E-state index contributed by atoms with van der Waals surface area (Å²) in [5, 5.41) is 10.0. The Bertz CT molecular complexity index is 875. The Labute approximate surface area is 159 Å². The van der Waals surface area contributed by atoms with Gasteiger partial charge in [-0.1, -0.05) is 25.5 Å². The van der Waals surface area contributed by atoms with Crippen molar-refractivity contribution in [1.29, 1.82) is 0 Å². The van der Waals surface area contributed by atoms with Crippen LogP contribution in [0.2, 0.25) is 0 Å². The summed E-state index contributed by atoms with van der Waals surface area (Å²) in [5.74, 6) is -2.27. The molecule has 8 heteroatoms. The molecule has 0 bridgehead atoms. The van der Waals surface area contributed by atoms with Crippen molar-refractivity contribution in [3.63, 3.8) is 0 Å². The summed E-state index contributed by atoms with van der Waals surface area (Å²) >= 11 is 0. The Morgan fingerprint density at radius 2 is 1.86 bits per heavy atom. The normalized spacial score (nSPS) is 11.2. The highest BCUT2D eigenvalue weighted by atomic mass is 19.4. The van der Waals surface area contributed by atoms with E-state index < -0.39 is 23.9 Å². The first-order valence-corrected chi connectivity index (χ1v) is 8.54. The molecule has 0 fully saturated rings. The lowest BCUT2D eigenvalue weighted by Gasteiger charge is -2.13. The molecular formula is C20H19F3O5. The van der Waals surface area contributed by atoms with E-state index in [1.807, 2.05) is 6.92 Å². The number of benzene rings is 2. The van der Waals surface area contributed by atoms with Crippen LogP contribution in [-0.4, -0.2) is 29.8 Å². The molecule has 0 unspecified atom stereocenters. The maximum atomic E-state index is 12.8. The van der Waals surface area contributed by atoms with Crippen LogP contribution in [0.4, 0.5) is 13.2 Å². The lowest BCUT2D eigenvalue weighted by molar-refractivity contribution is -0.274. The van der Waals surface area contributed by atoms with E-state index in [1.54, 1.807) is 0 Å². The molecule has 0 aliphatic carbocycles. The zero-order valence-corrected chi connectivity index (χ0v) is 15.3. The first-order chi connectivity index (χ1) is 13.1. The number of ketones is 1. The quantitative estimate of drug-likeness (QED) is 0.414. The number of hydrogen-bond donors (Lipinski definition) is 1. The zero-order chi connectivity index (χ0) is 20.9. The molecule has 0 aromatic heterocycles. The van der Waals surface area contributed by atoms with Crippen LogP contribution in [0.15, 0.2) is 36.4 Å². The van der Waals surface area contributed by atoms with Crippen LogP contribution >= 0.6 is 0 Å². The minimum atomic E-state index is -4.88. The molecular weight excluding hydrogens is 377 g/mol. The van der Waals surface area contributed by atoms with Crippen LogP contribution in [0.5, 0.6) is 11.5 Å². The van der Waals surface area contributed by atoms with Gasteiger partial charge in [0.25, 0.3) is 0 Å². The van der Waals surface area contributed by atoms with Crippen molar-refractivity contribution in [2.24, 2.45) is 0 Å². The zero-order valence-electron chi connectivity index (χ0n) is 15.3. The molecule has 0 atom stereocenters. The van der Waals surface area contributed by atoms with Crippen LogP contribution < -0.4 is 4.74 Å². The molecule has 2 aromatic carbocycles. The van der Waals surface area contributed by atoms with Gasteiger partial charge in [0.05, 0.1) is 6.61 Å². The molecule has 28 heavy (non-hydrogen) atoms. The van der Waals surface area contributed by atoms with Gasteiger partial charge in [-0.25, -0.2) is 4.79 Å². The predicted octanol–water partition coefficient (Wildman–Crippen LogP) is 4.79. The van der Waals surface area contributed by atoms with Gasteiger partial charge < -0.3 is 14.6 Å². The fraction of sp³-hybridized carbons (Fsp3) is 0.300. The van der Waals surface area contributed by atoms with Crippen molar-refractivity contribution in [2.75, 3.05) is 6.61 Å². The van der Waals surface area contributed by atoms with Crippen LogP contribution in [-0.2, 0) is 4.74 Å². The molecule has 150 valence electrons. The summed E-state index contributed by atoms with van der Waals surface area (Å²) in [6.07, 6.45) is -3.42. The van der Waals surface area contributed by atoms with Gasteiger partial charge in [0, 0.05) is 11.1 Å². The highest BCUT2D eigenvalue weighted by Crippen LogP contribution is 2.28. The molecule has 2 aromatic rings. The predicted molar refractivity (Wildman–Crippen MR) is 94.6 cm³/mol. The first kappa shape index (κ1) is 21.3. The fourth-order valence-corrected chi connectivity index (χ4v) is 2.57. The third-order valence-electron chi connectivity index (χ3n) is 3.95. The second-order valence-electron chi connectivity index (χ2n) is 6.03. The van der Waals surface area contributed by atoms with Gasteiger partial charge in [0.2, 0.25) is 0 Å². The summed E-state index contributed by atoms with van der Waals surface area (Å²) in [4.78, 5) is 25.0. The third kappa shape index (κ3) is 5.25. The Kier molecular flexibility index (Phi) is 6.66. The standard InChI is InChI=1S/C20H19F3O5/c1-3-4-10-27-19(26)17-12(2)15(8-9-16(17)24)18(25)13-6-5-7-14(11-13)28-20(21,22)23/h5-9,11,24H,3-4,10H2,1-2H3. The van der Waals surface area contributed by atoms with Gasteiger partial charge in [-0.05, 0) is 43.2 Å². The number of halogens is 3. The molecule has 0 saturated carbocycles. The molecule has 2 rings (SSSR count). The van der Waals surface area contributed by atoms with Gasteiger partial charge in [-0.2, -0.15) is 0 Å². The molecule has 0 spiro atoms. The Morgan fingerprint density at radius 3 is 2.50 bits per heavy atom. The molecule has 5 nitrogen and oxygen atoms in total. The molecule has 0 saturated heterocycles. The highest BCUT2D eigenvalue weighted by molar-refractivity contribution is 6.11. The van der Waals surface area contributed by atoms with Crippen LogP contribution in [0.1, 0.15) is 51.6 Å². The monoisotopic (exact) mass is 396 g/mol. The summed E-state index contributed by atoms with van der Waals surface area (Å²) in [6, 6.07) is 7.09. The van der Waals surface area contributed by atoms with Crippen molar-refractivity contribution in [1.82, 2.24) is 0 Å². The van der Waals surface area contributed by atoms with Crippen LogP contribution in [0.25, 0.3) is 0 Å². The first-order valence-electron chi connectivity index (χ1n) is 8.54. The minimum absolute atomic E-state index is 0.0548. The average Bonchev–Trinajstić information content (AvgIpc) is 2.60. The maximum Gasteiger partial charge on any atom is 0.573 e. The van der Waals surface area contributed by atoms with Gasteiger partial charge in [-0.3, -0.25) is 4.79 Å². The number of phenolic OH excluding ortho intramolecular Hbond substituents is 1. The molecule has 0 aliphatic heterocycles. The van der Waals surface area contributed by atoms with E-state index >= 15 is 0 Å². The largest absolute Gasteiger partial charge is 0.573 e. The Balaban J connectivity index is 2.35. The van der Waals surface area contributed by atoms with E-state index in [9.17, 15) is 27.9 Å². The number of ether oxygens (including phenoxy) is 2. The number of hydrogen-bond acceptors (Lipinski definition) is 5. The van der Waals surface area contributed by atoms with Gasteiger partial charge >= 0.3 is 12.3 Å². The summed E-state index contributed by atoms with van der Waals surface area (Å²) in [6.45, 7) is 3.55. The lowest BCUT2D eigenvalue weighted by atomic mass is 9.95. The van der Waals surface area contributed by atoms with E-state index in [4.69, 9.17) is 4.74 Å². The lowest BCUT2D eigenvalue weighted by Crippen LogP contribution is -2.17. The molecule has 1 N–H and O–H groups in total. The van der Waals surface area contributed by atoms with Crippen LogP contribution in [0, 0.1) is 6.92 Å². The number of carbonyl (C=O) groups is 2. The van der Waals surface area contributed by atoms with E-state index in [2.05, 4.69) is 4.74 Å². The summed E-state index contributed by atoms with van der Waals surface area (Å²) < 4.78 is 46.1. The Morgan fingerprint density at radius 1 is 1.14 bits per heavy atom. The number of alkyl halides is 3. The number of rotatable bonds is 7. The maximum absolute atomic E-state index is 12.8. The molecule has 0 aliphatic rings. The van der Waals surface area contributed by atoms with Crippen molar-refractivity contribution >= 4 is 11.8 Å². The number of aromatic hydroxyl groups is 1. The van der Waals surface area contributed by atoms with Gasteiger partial charge in [0.1, 0.15) is 17.1 Å². The third-order valence-corrected chi connectivity index (χ3v) is 3.95. The number of unbranched alkanes of at least 4 members (excludes halogenated alkanes) is 1. The second-order valence-corrected chi connectivity index (χ2v) is 6.03. The smallest absolute Gasteiger partial charge is 0.507 e.